The van der Waals surface area contributed by atoms with Crippen molar-refractivity contribution in [3.63, 3.8) is 0 Å². The summed E-state index contributed by atoms with van der Waals surface area (Å²) in [5.74, 6) is 0.738. The van der Waals surface area contributed by atoms with Crippen LogP contribution in [-0.4, -0.2) is 13.2 Å². The van der Waals surface area contributed by atoms with E-state index >= 15 is 0 Å². The molecule has 16 heavy (non-hydrogen) atoms. The third-order valence-electron chi connectivity index (χ3n) is 3.13. The van der Waals surface area contributed by atoms with Crippen molar-refractivity contribution in [2.45, 2.75) is 38.1 Å². The van der Waals surface area contributed by atoms with Gasteiger partial charge in [0.25, 0.3) is 0 Å². The molecule has 1 aliphatic rings. The molecule has 0 aliphatic heterocycles. The van der Waals surface area contributed by atoms with Gasteiger partial charge < -0.3 is 10.1 Å². The molecule has 0 heterocycles. The Morgan fingerprint density at radius 1 is 1.25 bits per heavy atom. The van der Waals surface area contributed by atoms with Crippen LogP contribution in [0, 0.1) is 0 Å². The normalized spacial score (nSPS) is 17.1. The fourth-order valence-corrected chi connectivity index (χ4v) is 2.43. The zero-order chi connectivity index (χ0) is 11.4. The number of anilines is 1. The second kappa shape index (κ2) is 5.44. The number of benzene rings is 1. The van der Waals surface area contributed by atoms with Crippen LogP contribution in [0.1, 0.15) is 32.1 Å². The molecular formula is C13H18ClNO. The second-order valence-corrected chi connectivity index (χ2v) is 4.74. The minimum atomic E-state index is 0.611. The highest BCUT2D eigenvalue weighted by atomic mass is 35.5. The van der Waals surface area contributed by atoms with Crippen LogP contribution >= 0.6 is 11.6 Å². The van der Waals surface area contributed by atoms with Crippen LogP contribution in [0.15, 0.2) is 18.2 Å². The first kappa shape index (κ1) is 11.6. The number of hydrogen-bond acceptors (Lipinski definition) is 2. The average molecular weight is 240 g/mol. The lowest BCUT2D eigenvalue weighted by atomic mass is 9.95. The van der Waals surface area contributed by atoms with Crippen molar-refractivity contribution >= 4 is 17.3 Å². The predicted molar refractivity (Wildman–Crippen MR) is 68.5 cm³/mol. The Kier molecular flexibility index (Phi) is 3.94. The van der Waals surface area contributed by atoms with E-state index in [1.165, 1.54) is 32.1 Å². The average Bonchev–Trinajstić information content (AvgIpc) is 2.33. The molecule has 0 spiro atoms. The van der Waals surface area contributed by atoms with Gasteiger partial charge in [-0.1, -0.05) is 30.9 Å². The van der Waals surface area contributed by atoms with Crippen molar-refractivity contribution in [1.82, 2.24) is 0 Å². The molecule has 0 aromatic heterocycles. The van der Waals surface area contributed by atoms with Gasteiger partial charge in [-0.15, -0.1) is 0 Å². The van der Waals surface area contributed by atoms with Gasteiger partial charge in [-0.25, -0.2) is 0 Å². The summed E-state index contributed by atoms with van der Waals surface area (Å²) in [6.45, 7) is 0. The molecule has 0 radical (unpaired) electrons. The van der Waals surface area contributed by atoms with Gasteiger partial charge in [-0.3, -0.25) is 0 Å². The molecule has 0 amide bonds. The number of ether oxygens (including phenoxy) is 1. The molecule has 1 fully saturated rings. The summed E-state index contributed by atoms with van der Waals surface area (Å²) in [6, 6.07) is 6.47. The fraction of sp³-hybridized carbons (Fsp3) is 0.538. The Balaban J connectivity index is 2.03. The van der Waals surface area contributed by atoms with E-state index < -0.39 is 0 Å². The van der Waals surface area contributed by atoms with Crippen LogP contribution in [-0.2, 0) is 0 Å². The summed E-state index contributed by atoms with van der Waals surface area (Å²) in [5, 5.41) is 4.21. The largest absolute Gasteiger partial charge is 0.495 e. The van der Waals surface area contributed by atoms with E-state index in [0.29, 0.717) is 11.1 Å². The molecule has 1 aliphatic carbocycles. The van der Waals surface area contributed by atoms with Gasteiger partial charge in [0.1, 0.15) is 5.75 Å². The molecule has 2 rings (SSSR count). The monoisotopic (exact) mass is 239 g/mol. The quantitative estimate of drug-likeness (QED) is 0.858. The fourth-order valence-electron chi connectivity index (χ4n) is 2.23. The maximum absolute atomic E-state index is 5.99. The summed E-state index contributed by atoms with van der Waals surface area (Å²) < 4.78 is 5.20. The van der Waals surface area contributed by atoms with Crippen molar-refractivity contribution in [2.75, 3.05) is 12.4 Å². The van der Waals surface area contributed by atoms with Gasteiger partial charge in [0.05, 0.1) is 12.1 Å². The third kappa shape index (κ3) is 2.82. The van der Waals surface area contributed by atoms with Crippen molar-refractivity contribution in [1.29, 1.82) is 0 Å². The first-order chi connectivity index (χ1) is 7.79. The maximum atomic E-state index is 5.99. The van der Waals surface area contributed by atoms with Crippen LogP contribution < -0.4 is 10.1 Å². The Bertz CT molecular complexity index is 348. The van der Waals surface area contributed by atoms with Crippen LogP contribution in [0.5, 0.6) is 5.75 Å². The topological polar surface area (TPSA) is 21.3 Å². The van der Waals surface area contributed by atoms with E-state index in [1.54, 1.807) is 7.11 Å². The number of methoxy groups -OCH3 is 1. The minimum Gasteiger partial charge on any atom is -0.495 e. The van der Waals surface area contributed by atoms with E-state index in [-0.39, 0.29) is 0 Å². The first-order valence-corrected chi connectivity index (χ1v) is 6.27. The number of nitrogens with one attached hydrogen (secondary N) is 1. The van der Waals surface area contributed by atoms with Crippen molar-refractivity contribution < 1.29 is 4.74 Å². The number of rotatable bonds is 3. The first-order valence-electron chi connectivity index (χ1n) is 5.89. The summed E-state index contributed by atoms with van der Waals surface area (Å²) in [5.41, 5.74) is 1.10. The minimum absolute atomic E-state index is 0.611. The molecular weight excluding hydrogens is 222 g/mol. The van der Waals surface area contributed by atoms with Crippen LogP contribution in [0.25, 0.3) is 0 Å². The Labute approximate surface area is 102 Å². The molecule has 1 aromatic carbocycles. The van der Waals surface area contributed by atoms with Crippen LogP contribution in [0.4, 0.5) is 5.69 Å². The molecule has 0 atom stereocenters. The summed E-state index contributed by atoms with van der Waals surface area (Å²) in [7, 11) is 1.64. The zero-order valence-corrected chi connectivity index (χ0v) is 10.4. The predicted octanol–water partition coefficient (Wildman–Crippen LogP) is 4.09. The lowest BCUT2D eigenvalue weighted by Crippen LogP contribution is -2.22. The molecule has 88 valence electrons. The second-order valence-electron chi connectivity index (χ2n) is 4.33. The van der Waals surface area contributed by atoms with Gasteiger partial charge in [-0.2, -0.15) is 0 Å². The molecule has 1 aromatic rings. The summed E-state index contributed by atoms with van der Waals surface area (Å²) >= 11 is 5.99. The smallest absolute Gasteiger partial charge is 0.139 e. The Morgan fingerprint density at radius 2 is 2.00 bits per heavy atom. The highest BCUT2D eigenvalue weighted by Gasteiger charge is 2.13. The Morgan fingerprint density at radius 3 is 2.69 bits per heavy atom. The third-order valence-corrected chi connectivity index (χ3v) is 3.44. The van der Waals surface area contributed by atoms with E-state index in [2.05, 4.69) is 5.32 Å². The lowest BCUT2D eigenvalue weighted by Gasteiger charge is -2.24. The molecule has 1 saturated carbocycles. The summed E-state index contributed by atoms with van der Waals surface area (Å²) in [6.07, 6.45) is 6.59. The molecule has 3 heteroatoms. The standard InChI is InChI=1S/C13H18ClNO/c1-16-13-9-11(7-8-12(13)14)15-10-5-3-2-4-6-10/h7-10,15H,2-6H2,1H3. The Hall–Kier alpha value is -0.890. The number of hydrogen-bond donors (Lipinski definition) is 1. The van der Waals surface area contributed by atoms with Gasteiger partial charge in [0.15, 0.2) is 0 Å². The molecule has 0 unspecified atom stereocenters. The zero-order valence-electron chi connectivity index (χ0n) is 9.63. The van der Waals surface area contributed by atoms with Crippen molar-refractivity contribution in [2.24, 2.45) is 0 Å². The summed E-state index contributed by atoms with van der Waals surface area (Å²) in [4.78, 5) is 0. The van der Waals surface area contributed by atoms with Crippen LogP contribution in [0.2, 0.25) is 5.02 Å². The molecule has 0 bridgehead atoms. The highest BCUT2D eigenvalue weighted by molar-refractivity contribution is 6.32. The van der Waals surface area contributed by atoms with E-state index in [9.17, 15) is 0 Å². The van der Waals surface area contributed by atoms with Gasteiger partial charge >= 0.3 is 0 Å². The molecule has 2 nitrogen and oxygen atoms in total. The van der Waals surface area contributed by atoms with E-state index in [4.69, 9.17) is 16.3 Å². The van der Waals surface area contributed by atoms with Gasteiger partial charge in [0.2, 0.25) is 0 Å². The maximum Gasteiger partial charge on any atom is 0.139 e. The van der Waals surface area contributed by atoms with Crippen LogP contribution in [0.3, 0.4) is 0 Å². The van der Waals surface area contributed by atoms with E-state index in [1.807, 2.05) is 18.2 Å². The highest BCUT2D eigenvalue weighted by Crippen LogP contribution is 2.29. The SMILES string of the molecule is COc1cc(NC2CCCCC2)ccc1Cl. The van der Waals surface area contributed by atoms with Crippen molar-refractivity contribution in [3.8, 4) is 5.75 Å². The number of halogens is 1. The van der Waals surface area contributed by atoms with E-state index in [0.717, 1.165) is 11.4 Å². The molecule has 0 saturated heterocycles. The van der Waals surface area contributed by atoms with Crippen molar-refractivity contribution in [3.05, 3.63) is 23.2 Å². The van der Waals surface area contributed by atoms with Gasteiger partial charge in [0, 0.05) is 17.8 Å². The van der Waals surface area contributed by atoms with Gasteiger partial charge in [-0.05, 0) is 25.0 Å². The lowest BCUT2D eigenvalue weighted by molar-refractivity contribution is 0.415. The molecule has 1 N–H and O–H groups in total.